The number of aromatic nitrogens is 5. The van der Waals surface area contributed by atoms with E-state index in [0.29, 0.717) is 29.4 Å². The predicted molar refractivity (Wildman–Crippen MR) is 104 cm³/mol. The molecule has 0 spiro atoms. The molecule has 10 nitrogen and oxygen atoms in total. The van der Waals surface area contributed by atoms with Gasteiger partial charge in [-0.3, -0.25) is 4.79 Å². The van der Waals surface area contributed by atoms with E-state index in [1.807, 2.05) is 0 Å². The summed E-state index contributed by atoms with van der Waals surface area (Å²) < 4.78 is 52.3. The van der Waals surface area contributed by atoms with Crippen molar-refractivity contribution in [2.75, 3.05) is 13.2 Å². The molecule has 3 N–H and O–H groups in total. The van der Waals surface area contributed by atoms with Crippen LogP contribution in [-0.2, 0) is 17.9 Å². The zero-order valence-electron chi connectivity index (χ0n) is 16.6. The molecule has 32 heavy (non-hydrogen) atoms. The van der Waals surface area contributed by atoms with Gasteiger partial charge < -0.3 is 24.9 Å². The summed E-state index contributed by atoms with van der Waals surface area (Å²) in [6.07, 6.45) is -2.76. The van der Waals surface area contributed by atoms with Crippen molar-refractivity contribution in [3.63, 3.8) is 0 Å². The summed E-state index contributed by atoms with van der Waals surface area (Å²) >= 11 is 0. The third kappa shape index (κ3) is 4.51. The summed E-state index contributed by atoms with van der Waals surface area (Å²) in [5.74, 6) is 0.493. The van der Waals surface area contributed by atoms with Crippen molar-refractivity contribution in [1.82, 2.24) is 24.3 Å². The predicted octanol–water partition coefficient (Wildman–Crippen LogP) is 1.38. The van der Waals surface area contributed by atoms with Crippen LogP contribution in [0, 0.1) is 0 Å². The Morgan fingerprint density at radius 3 is 2.88 bits per heavy atom. The van der Waals surface area contributed by atoms with Crippen molar-refractivity contribution >= 4 is 5.91 Å². The molecule has 0 saturated heterocycles. The van der Waals surface area contributed by atoms with E-state index in [9.17, 15) is 18.0 Å². The van der Waals surface area contributed by atoms with E-state index in [1.165, 1.54) is 0 Å². The molecule has 0 bridgehead atoms. The second-order valence-corrected chi connectivity index (χ2v) is 7.03. The van der Waals surface area contributed by atoms with Gasteiger partial charge in [-0.1, -0.05) is 0 Å². The lowest BCUT2D eigenvalue weighted by molar-refractivity contribution is -0.142. The first-order valence-corrected chi connectivity index (χ1v) is 9.61. The summed E-state index contributed by atoms with van der Waals surface area (Å²) in [6.45, 7) is -0.882. The van der Waals surface area contributed by atoms with Crippen molar-refractivity contribution in [2.24, 2.45) is 5.73 Å². The summed E-state index contributed by atoms with van der Waals surface area (Å²) in [4.78, 5) is 19.9. The van der Waals surface area contributed by atoms with Crippen molar-refractivity contribution in [1.29, 1.82) is 0 Å². The second kappa shape index (κ2) is 8.49. The van der Waals surface area contributed by atoms with Gasteiger partial charge in [0.2, 0.25) is 0 Å². The summed E-state index contributed by atoms with van der Waals surface area (Å²) in [6, 6.07) is 4.82. The molecule has 3 heterocycles. The van der Waals surface area contributed by atoms with Crippen LogP contribution in [0.4, 0.5) is 13.2 Å². The van der Waals surface area contributed by atoms with Crippen molar-refractivity contribution in [3.05, 3.63) is 30.7 Å². The minimum atomic E-state index is -4.45. The highest BCUT2D eigenvalue weighted by Crippen LogP contribution is 2.36. The van der Waals surface area contributed by atoms with Gasteiger partial charge in [0.1, 0.15) is 42.5 Å². The third-order valence-electron chi connectivity index (χ3n) is 4.72. The first-order chi connectivity index (χ1) is 15.2. The molecular weight excluding hydrogens is 433 g/mol. The molecule has 1 aliphatic heterocycles. The molecule has 1 atom stereocenters. The number of imidazole rings is 1. The number of fused-ring (bicyclic) bond motifs is 3. The van der Waals surface area contributed by atoms with Crippen LogP contribution in [0.2, 0.25) is 0 Å². The number of nitrogens with zero attached hydrogens (tertiary/aromatic N) is 5. The van der Waals surface area contributed by atoms with E-state index in [-0.39, 0.29) is 31.2 Å². The smallest absolute Gasteiger partial charge is 0.408 e. The van der Waals surface area contributed by atoms with Crippen LogP contribution >= 0.6 is 0 Å². The Morgan fingerprint density at radius 1 is 1.34 bits per heavy atom. The number of carbonyl (C=O) groups excluding carboxylic acids is 1. The zero-order valence-corrected chi connectivity index (χ0v) is 16.6. The Balaban J connectivity index is 1.66. The van der Waals surface area contributed by atoms with Crippen molar-refractivity contribution in [3.8, 4) is 34.4 Å². The number of hydrogen-bond acceptors (Lipinski definition) is 7. The number of benzene rings is 1. The molecule has 0 radical (unpaired) electrons. The minimum Gasteiger partial charge on any atom is -0.491 e. The van der Waals surface area contributed by atoms with Gasteiger partial charge in [-0.25, -0.2) is 14.6 Å². The number of hydrogen-bond donors (Lipinski definition) is 2. The number of rotatable bonds is 7. The summed E-state index contributed by atoms with van der Waals surface area (Å²) in [5.41, 5.74) is 6.12. The lowest BCUT2D eigenvalue weighted by Gasteiger charge is -2.16. The van der Waals surface area contributed by atoms with E-state index < -0.39 is 24.7 Å². The van der Waals surface area contributed by atoms with Gasteiger partial charge in [0.25, 0.3) is 5.91 Å². The standard InChI is InChI=1S/C19H19F3N6O4/c20-19(21,22)9-28-18(24-10-25-28)13-8-27-4-6-31-15-7-11(1-2-12(15)17(27)26-13)32-14(3-5-29)16(23)30/h1-2,7-8,10,14,29H,3-6,9H2,(H2,23,30)/t14-/m0/s1. The number of nitrogens with two attached hydrogens (primary N) is 1. The quantitative estimate of drug-likeness (QED) is 0.554. The van der Waals surface area contributed by atoms with Gasteiger partial charge in [-0.05, 0) is 12.1 Å². The Bertz CT molecular complexity index is 1130. The Labute approximate surface area is 179 Å². The fraction of sp³-hybridized carbons (Fsp3) is 0.368. The van der Waals surface area contributed by atoms with Crippen LogP contribution in [0.25, 0.3) is 22.9 Å². The highest BCUT2D eigenvalue weighted by molar-refractivity contribution is 5.79. The number of aliphatic hydroxyl groups is 1. The average Bonchev–Trinajstić information content (AvgIpc) is 3.29. The van der Waals surface area contributed by atoms with E-state index >= 15 is 0 Å². The lowest BCUT2D eigenvalue weighted by atomic mass is 10.1. The lowest BCUT2D eigenvalue weighted by Crippen LogP contribution is -2.34. The molecule has 1 aromatic carbocycles. The minimum absolute atomic E-state index is 0.00127. The topological polar surface area (TPSA) is 130 Å². The monoisotopic (exact) mass is 452 g/mol. The third-order valence-corrected chi connectivity index (χ3v) is 4.72. The highest BCUT2D eigenvalue weighted by Gasteiger charge is 2.31. The summed E-state index contributed by atoms with van der Waals surface area (Å²) in [5, 5.41) is 12.7. The number of carbonyl (C=O) groups is 1. The number of primary amides is 1. The van der Waals surface area contributed by atoms with E-state index in [1.54, 1.807) is 29.0 Å². The van der Waals surface area contributed by atoms with Crippen LogP contribution in [0.15, 0.2) is 30.7 Å². The first-order valence-electron chi connectivity index (χ1n) is 9.61. The molecule has 0 saturated carbocycles. The highest BCUT2D eigenvalue weighted by atomic mass is 19.4. The van der Waals surface area contributed by atoms with E-state index in [4.69, 9.17) is 20.3 Å². The summed E-state index contributed by atoms with van der Waals surface area (Å²) in [7, 11) is 0. The van der Waals surface area contributed by atoms with Crippen LogP contribution in [0.3, 0.4) is 0 Å². The SMILES string of the molecule is NC(=O)[C@H](CCO)Oc1ccc2c(c1)OCCn1cc(-c3ncnn3CC(F)(F)F)nc1-2. The number of halogens is 3. The van der Waals surface area contributed by atoms with Gasteiger partial charge in [0.15, 0.2) is 11.9 Å². The average molecular weight is 452 g/mol. The van der Waals surface area contributed by atoms with Crippen LogP contribution < -0.4 is 15.2 Å². The van der Waals surface area contributed by atoms with Gasteiger partial charge in [0.05, 0.1) is 12.1 Å². The maximum Gasteiger partial charge on any atom is 0.408 e. The van der Waals surface area contributed by atoms with Crippen LogP contribution in [-0.4, -0.2) is 60.8 Å². The van der Waals surface area contributed by atoms with Crippen molar-refractivity contribution < 1.29 is 32.5 Å². The Morgan fingerprint density at radius 2 is 2.16 bits per heavy atom. The molecule has 170 valence electrons. The maximum atomic E-state index is 12.8. The molecule has 13 heteroatoms. The van der Waals surface area contributed by atoms with Crippen LogP contribution in [0.5, 0.6) is 11.5 Å². The zero-order chi connectivity index (χ0) is 22.9. The molecule has 2 aromatic heterocycles. The number of aliphatic hydroxyl groups excluding tert-OH is 1. The van der Waals surface area contributed by atoms with Gasteiger partial charge >= 0.3 is 6.18 Å². The number of ether oxygens (including phenoxy) is 2. The maximum absolute atomic E-state index is 12.8. The molecule has 3 aromatic rings. The van der Waals surface area contributed by atoms with Gasteiger partial charge in [0, 0.05) is 25.3 Å². The Kier molecular flexibility index (Phi) is 5.74. The van der Waals surface area contributed by atoms with E-state index in [2.05, 4.69) is 15.1 Å². The first kappa shape index (κ1) is 21.6. The second-order valence-electron chi connectivity index (χ2n) is 7.03. The van der Waals surface area contributed by atoms with E-state index in [0.717, 1.165) is 11.0 Å². The molecule has 4 rings (SSSR count). The Hall–Kier alpha value is -3.61. The molecule has 1 aliphatic rings. The molecule has 1 amide bonds. The number of amides is 1. The van der Waals surface area contributed by atoms with Crippen LogP contribution in [0.1, 0.15) is 6.42 Å². The van der Waals surface area contributed by atoms with Crippen molar-refractivity contribution in [2.45, 2.75) is 31.8 Å². The molecule has 0 fully saturated rings. The van der Waals surface area contributed by atoms with Gasteiger partial charge in [-0.15, -0.1) is 0 Å². The molecular formula is C19H19F3N6O4. The van der Waals surface area contributed by atoms with Gasteiger partial charge in [-0.2, -0.15) is 18.3 Å². The fourth-order valence-corrected chi connectivity index (χ4v) is 3.33. The molecule has 0 unspecified atom stereocenters. The fourth-order valence-electron chi connectivity index (χ4n) is 3.33. The molecule has 0 aliphatic carbocycles. The number of alkyl halides is 3. The largest absolute Gasteiger partial charge is 0.491 e. The normalized spacial score (nSPS) is 14.1.